The zero-order chi connectivity index (χ0) is 11.5. The summed E-state index contributed by atoms with van der Waals surface area (Å²) in [5.74, 6) is 0.0885. The van der Waals surface area contributed by atoms with E-state index in [1.165, 1.54) is 8.83 Å². The third-order valence-corrected chi connectivity index (χ3v) is 4.21. The molecule has 0 fully saturated rings. The van der Waals surface area contributed by atoms with Crippen molar-refractivity contribution in [1.82, 2.24) is 4.98 Å². The van der Waals surface area contributed by atoms with Crippen LogP contribution >= 0.6 is 0 Å². The van der Waals surface area contributed by atoms with Crippen LogP contribution in [0, 0.1) is 6.92 Å². The summed E-state index contributed by atoms with van der Waals surface area (Å²) < 4.78 is 2.46. The van der Waals surface area contributed by atoms with Crippen LogP contribution in [0.4, 0.5) is 5.69 Å². The number of benzene rings is 1. The van der Waals surface area contributed by atoms with Gasteiger partial charge < -0.3 is 0 Å². The van der Waals surface area contributed by atoms with Gasteiger partial charge in [0.2, 0.25) is 0 Å². The summed E-state index contributed by atoms with van der Waals surface area (Å²) in [6.07, 6.45) is 1.46. The predicted octanol–water partition coefficient (Wildman–Crippen LogP) is 2.34. The van der Waals surface area contributed by atoms with Gasteiger partial charge in [-0.05, 0) is 0 Å². The number of carbonyl (C=O) groups is 1. The Hall–Kier alpha value is -1.12. The third kappa shape index (κ3) is 2.52. The van der Waals surface area contributed by atoms with Crippen LogP contribution in [0.1, 0.15) is 24.3 Å². The molecule has 0 aliphatic rings. The van der Waals surface area contributed by atoms with Crippen molar-refractivity contribution < 1.29 is 4.79 Å². The zero-order valence-corrected chi connectivity index (χ0v) is 11.1. The fourth-order valence-electron chi connectivity index (χ4n) is 1.57. The Morgan fingerprint density at radius 2 is 2.31 bits per heavy atom. The van der Waals surface area contributed by atoms with Gasteiger partial charge in [0.1, 0.15) is 0 Å². The first-order valence-corrected chi connectivity index (χ1v) is 7.07. The first kappa shape index (κ1) is 11.4. The zero-order valence-electron chi connectivity index (χ0n) is 9.41. The summed E-state index contributed by atoms with van der Waals surface area (Å²) in [7, 11) is 0. The van der Waals surface area contributed by atoms with Crippen LogP contribution in [0.25, 0.3) is 9.78 Å². The van der Waals surface area contributed by atoms with E-state index < -0.39 is 0 Å². The molecule has 2 rings (SSSR count). The Balaban J connectivity index is 2.22. The Kier molecular flexibility index (Phi) is 3.42. The van der Waals surface area contributed by atoms with E-state index >= 15 is 0 Å². The van der Waals surface area contributed by atoms with Gasteiger partial charge in [-0.2, -0.15) is 0 Å². The number of rotatable bonds is 3. The molecule has 1 aromatic carbocycles. The van der Waals surface area contributed by atoms with Crippen LogP contribution in [0.3, 0.4) is 0 Å². The monoisotopic (exact) mass is 282 g/mol. The predicted molar refractivity (Wildman–Crippen MR) is 67.0 cm³/mol. The van der Waals surface area contributed by atoms with Gasteiger partial charge in [0.05, 0.1) is 0 Å². The molecule has 0 saturated carbocycles. The van der Waals surface area contributed by atoms with Gasteiger partial charge in [-0.3, -0.25) is 0 Å². The number of anilines is 1. The molecule has 0 spiro atoms. The third-order valence-electron chi connectivity index (χ3n) is 2.26. The minimum absolute atomic E-state index is 0.0885. The van der Waals surface area contributed by atoms with Crippen LogP contribution < -0.4 is 5.32 Å². The molecule has 0 aliphatic heterocycles. The van der Waals surface area contributed by atoms with Crippen LogP contribution in [0.2, 0.25) is 0 Å². The summed E-state index contributed by atoms with van der Waals surface area (Å²) in [5.41, 5.74) is 1.95. The topological polar surface area (TPSA) is 42.0 Å². The molecule has 0 radical (unpaired) electrons. The number of nitrogens with zero attached hydrogens (tertiary/aromatic N) is 1. The summed E-state index contributed by atoms with van der Waals surface area (Å²) >= 11 is 0.334. The molecular weight excluding hydrogens is 267 g/mol. The molecule has 84 valence electrons. The Morgan fingerprint density at radius 3 is 3.06 bits per heavy atom. The Labute approximate surface area is 101 Å². The van der Waals surface area contributed by atoms with Crippen LogP contribution in [0.15, 0.2) is 18.2 Å². The maximum absolute atomic E-state index is 11.4. The molecule has 3 nitrogen and oxygen atoms in total. The van der Waals surface area contributed by atoms with Crippen molar-refractivity contribution in [3.8, 4) is 0 Å². The number of hydrogen-bond donors (Lipinski definition) is 1. The molecule has 4 heteroatoms. The molecule has 0 atom stereocenters. The van der Waals surface area contributed by atoms with Crippen molar-refractivity contribution in [3.63, 3.8) is 0 Å². The van der Waals surface area contributed by atoms with Crippen molar-refractivity contribution in [2.45, 2.75) is 26.7 Å². The second-order valence-electron chi connectivity index (χ2n) is 3.71. The fourth-order valence-corrected chi connectivity index (χ4v) is 3.39. The minimum atomic E-state index is 0.0885. The van der Waals surface area contributed by atoms with Crippen molar-refractivity contribution in [3.05, 3.63) is 22.8 Å². The molecule has 1 N–H and O–H groups in total. The Morgan fingerprint density at radius 1 is 1.50 bits per heavy atom. The first-order valence-electron chi connectivity index (χ1n) is 5.36. The maximum atomic E-state index is 11.4. The molecule has 0 bridgehead atoms. The van der Waals surface area contributed by atoms with Crippen molar-refractivity contribution in [2.75, 3.05) is 5.32 Å². The number of fused-ring (bicyclic) bond motifs is 1. The summed E-state index contributed by atoms with van der Waals surface area (Å²) in [5, 5.41) is 2.91. The molecule has 0 aliphatic carbocycles. The van der Waals surface area contributed by atoms with Gasteiger partial charge in [0, 0.05) is 0 Å². The van der Waals surface area contributed by atoms with E-state index in [1.807, 2.05) is 25.1 Å². The van der Waals surface area contributed by atoms with E-state index in [4.69, 9.17) is 0 Å². The number of hydrogen-bond acceptors (Lipinski definition) is 2. The van der Waals surface area contributed by atoms with Crippen molar-refractivity contribution in [1.29, 1.82) is 0 Å². The van der Waals surface area contributed by atoms with Gasteiger partial charge in [-0.25, -0.2) is 0 Å². The summed E-state index contributed by atoms with van der Waals surface area (Å²) in [4.78, 5) is 15.9. The first-order chi connectivity index (χ1) is 7.69. The molecule has 1 aromatic heterocycles. The van der Waals surface area contributed by atoms with E-state index in [9.17, 15) is 4.79 Å². The van der Waals surface area contributed by atoms with Crippen LogP contribution in [-0.4, -0.2) is 25.4 Å². The van der Waals surface area contributed by atoms with Gasteiger partial charge in [0.25, 0.3) is 0 Å². The van der Waals surface area contributed by atoms with E-state index in [-0.39, 0.29) is 5.91 Å². The quantitative estimate of drug-likeness (QED) is 0.877. The van der Waals surface area contributed by atoms with Gasteiger partial charge in [0.15, 0.2) is 0 Å². The molecular formula is C12H14N2OSe. The SMILES string of the molecule is CCCC(=O)Nc1ccc2nc(C)[se]c2c1. The molecule has 0 saturated heterocycles. The van der Waals surface area contributed by atoms with Crippen LogP contribution in [0.5, 0.6) is 0 Å². The Bertz CT molecular complexity index is 519. The number of carbonyl (C=O) groups excluding carboxylic acids is 1. The van der Waals surface area contributed by atoms with Crippen molar-refractivity contribution in [2.24, 2.45) is 0 Å². The van der Waals surface area contributed by atoms with Gasteiger partial charge in [-0.15, -0.1) is 0 Å². The molecule has 16 heavy (non-hydrogen) atoms. The summed E-state index contributed by atoms with van der Waals surface area (Å²) in [6, 6.07) is 5.95. The van der Waals surface area contributed by atoms with Crippen LogP contribution in [-0.2, 0) is 4.79 Å². The normalized spacial score (nSPS) is 10.6. The molecule has 0 unspecified atom stereocenters. The molecule has 2 aromatic rings. The average molecular weight is 281 g/mol. The average Bonchev–Trinajstić information content (AvgIpc) is 2.57. The molecule has 1 heterocycles. The number of amides is 1. The van der Waals surface area contributed by atoms with E-state index in [0.717, 1.165) is 17.6 Å². The standard InChI is InChI=1S/C12H14N2OSe/c1-3-4-12(15)14-9-5-6-10-11(7-9)16-8(2)13-10/h5-7H,3-4H2,1-2H3,(H,14,15). The van der Waals surface area contributed by atoms with E-state index in [2.05, 4.69) is 17.2 Å². The van der Waals surface area contributed by atoms with Gasteiger partial charge >= 0.3 is 100 Å². The summed E-state index contributed by atoms with van der Waals surface area (Å²) in [6.45, 7) is 4.05. The van der Waals surface area contributed by atoms with E-state index in [0.29, 0.717) is 20.9 Å². The number of aryl methyl sites for hydroxylation is 1. The molecule has 1 amide bonds. The van der Waals surface area contributed by atoms with Gasteiger partial charge in [-0.1, -0.05) is 0 Å². The number of aromatic nitrogens is 1. The van der Waals surface area contributed by atoms with E-state index in [1.54, 1.807) is 0 Å². The van der Waals surface area contributed by atoms with Crippen molar-refractivity contribution >= 4 is 35.9 Å². The second kappa shape index (κ2) is 4.81. The number of nitrogens with one attached hydrogen (secondary N) is 1. The second-order valence-corrected chi connectivity index (χ2v) is 6.30. The fraction of sp³-hybridized carbons (Fsp3) is 0.333.